The summed E-state index contributed by atoms with van der Waals surface area (Å²) in [6.45, 7) is 4.35. The zero-order chi connectivity index (χ0) is 13.2. The van der Waals surface area contributed by atoms with Gasteiger partial charge in [-0.15, -0.1) is 6.58 Å². The maximum atomic E-state index is 11.3. The topological polar surface area (TPSA) is 35.5 Å². The average molecular weight is 248 g/mol. The lowest BCUT2D eigenvalue weighted by molar-refractivity contribution is 0.0600. The van der Waals surface area contributed by atoms with Crippen LogP contribution in [0.3, 0.4) is 0 Å². The molecule has 98 valence electrons. The van der Waals surface area contributed by atoms with Gasteiger partial charge in [0.15, 0.2) is 0 Å². The maximum absolute atomic E-state index is 11.3. The van der Waals surface area contributed by atoms with Crippen molar-refractivity contribution in [1.82, 2.24) is 0 Å². The molecule has 0 N–H and O–H groups in total. The first kappa shape index (κ1) is 14.3. The quantitative estimate of drug-likeness (QED) is 0.400. The van der Waals surface area contributed by atoms with Crippen molar-refractivity contribution in [3.63, 3.8) is 0 Å². The van der Waals surface area contributed by atoms with Crippen LogP contribution in [-0.2, 0) is 4.74 Å². The third kappa shape index (κ3) is 5.04. The SMILES string of the molecule is C=CCCCCCOc1cccc(C(=O)OC)c1. The van der Waals surface area contributed by atoms with Gasteiger partial charge >= 0.3 is 5.97 Å². The highest BCUT2D eigenvalue weighted by Crippen LogP contribution is 2.14. The first-order chi connectivity index (χ1) is 8.77. The molecule has 0 fully saturated rings. The molecule has 0 spiro atoms. The highest BCUT2D eigenvalue weighted by molar-refractivity contribution is 5.89. The number of carbonyl (C=O) groups excluding carboxylic acids is 1. The highest BCUT2D eigenvalue weighted by atomic mass is 16.5. The Hall–Kier alpha value is -1.77. The standard InChI is InChI=1S/C15H20O3/c1-3-4-5-6-7-11-18-14-10-8-9-13(12-14)15(16)17-2/h3,8-10,12H,1,4-7,11H2,2H3. The van der Waals surface area contributed by atoms with E-state index in [1.165, 1.54) is 7.11 Å². The predicted octanol–water partition coefficient (Wildman–Crippen LogP) is 3.60. The molecule has 0 saturated heterocycles. The molecule has 0 atom stereocenters. The summed E-state index contributed by atoms with van der Waals surface area (Å²) in [5.74, 6) is 0.369. The summed E-state index contributed by atoms with van der Waals surface area (Å²) in [7, 11) is 1.37. The number of hydrogen-bond donors (Lipinski definition) is 0. The Morgan fingerprint density at radius 2 is 2.17 bits per heavy atom. The normalized spacial score (nSPS) is 9.83. The van der Waals surface area contributed by atoms with Crippen LogP contribution >= 0.6 is 0 Å². The molecule has 0 aromatic heterocycles. The Kier molecular flexibility index (Phi) is 6.62. The molecule has 0 radical (unpaired) electrons. The van der Waals surface area contributed by atoms with E-state index < -0.39 is 0 Å². The molecule has 3 heteroatoms. The van der Waals surface area contributed by atoms with Crippen LogP contribution in [0.25, 0.3) is 0 Å². The fourth-order valence-electron chi connectivity index (χ4n) is 1.59. The van der Waals surface area contributed by atoms with E-state index in [0.29, 0.717) is 17.9 Å². The first-order valence-corrected chi connectivity index (χ1v) is 6.20. The van der Waals surface area contributed by atoms with Crippen LogP contribution in [0.4, 0.5) is 0 Å². The number of esters is 1. The van der Waals surface area contributed by atoms with Crippen LogP contribution in [-0.4, -0.2) is 19.7 Å². The van der Waals surface area contributed by atoms with Crippen molar-refractivity contribution in [2.24, 2.45) is 0 Å². The lowest BCUT2D eigenvalue weighted by Crippen LogP contribution is -2.02. The van der Waals surface area contributed by atoms with Crippen LogP contribution in [0.2, 0.25) is 0 Å². The summed E-state index contributed by atoms with van der Waals surface area (Å²) >= 11 is 0. The van der Waals surface area contributed by atoms with Gasteiger partial charge in [-0.3, -0.25) is 0 Å². The number of carbonyl (C=O) groups is 1. The molecule has 0 heterocycles. The highest BCUT2D eigenvalue weighted by Gasteiger charge is 2.05. The predicted molar refractivity (Wildman–Crippen MR) is 71.9 cm³/mol. The summed E-state index contributed by atoms with van der Waals surface area (Å²) < 4.78 is 10.2. The Morgan fingerprint density at radius 3 is 2.89 bits per heavy atom. The molecule has 0 aliphatic heterocycles. The zero-order valence-electron chi connectivity index (χ0n) is 10.9. The van der Waals surface area contributed by atoms with Gasteiger partial charge in [-0.25, -0.2) is 4.79 Å². The number of methoxy groups -OCH3 is 1. The third-order valence-electron chi connectivity index (χ3n) is 2.58. The molecule has 1 aromatic rings. The molecule has 0 aliphatic rings. The molecule has 0 bridgehead atoms. The van der Waals surface area contributed by atoms with Gasteiger partial charge in [-0.05, 0) is 43.9 Å². The van der Waals surface area contributed by atoms with E-state index in [0.717, 1.165) is 25.7 Å². The van der Waals surface area contributed by atoms with Gasteiger partial charge in [-0.2, -0.15) is 0 Å². The van der Waals surface area contributed by atoms with Crippen LogP contribution in [0.15, 0.2) is 36.9 Å². The number of benzene rings is 1. The summed E-state index contributed by atoms with van der Waals surface area (Å²) in [4.78, 5) is 11.3. The number of ether oxygens (including phenoxy) is 2. The minimum Gasteiger partial charge on any atom is -0.494 e. The van der Waals surface area contributed by atoms with Gasteiger partial charge in [-0.1, -0.05) is 12.1 Å². The van der Waals surface area contributed by atoms with Gasteiger partial charge < -0.3 is 9.47 Å². The minimum absolute atomic E-state index is 0.341. The summed E-state index contributed by atoms with van der Waals surface area (Å²) in [6.07, 6.45) is 6.27. The third-order valence-corrected chi connectivity index (χ3v) is 2.58. The van der Waals surface area contributed by atoms with E-state index in [9.17, 15) is 4.79 Å². The van der Waals surface area contributed by atoms with Crippen molar-refractivity contribution in [2.45, 2.75) is 25.7 Å². The smallest absolute Gasteiger partial charge is 0.337 e. The number of allylic oxidation sites excluding steroid dienone is 1. The largest absolute Gasteiger partial charge is 0.494 e. The van der Waals surface area contributed by atoms with Gasteiger partial charge in [0.2, 0.25) is 0 Å². The number of hydrogen-bond acceptors (Lipinski definition) is 3. The van der Waals surface area contributed by atoms with Crippen LogP contribution in [0.5, 0.6) is 5.75 Å². The molecule has 0 aliphatic carbocycles. The van der Waals surface area contributed by atoms with E-state index in [4.69, 9.17) is 4.74 Å². The van der Waals surface area contributed by atoms with Gasteiger partial charge in [0.1, 0.15) is 5.75 Å². The number of rotatable bonds is 8. The second kappa shape index (κ2) is 8.34. The maximum Gasteiger partial charge on any atom is 0.337 e. The molecular formula is C15H20O3. The van der Waals surface area contributed by atoms with Crippen molar-refractivity contribution < 1.29 is 14.3 Å². The van der Waals surface area contributed by atoms with Gasteiger partial charge in [0.05, 0.1) is 19.3 Å². The Bertz CT molecular complexity index is 385. The first-order valence-electron chi connectivity index (χ1n) is 6.20. The molecule has 0 saturated carbocycles. The van der Waals surface area contributed by atoms with E-state index in [1.807, 2.05) is 12.1 Å². The Labute approximate surface area is 108 Å². The van der Waals surface area contributed by atoms with Crippen molar-refractivity contribution in [3.05, 3.63) is 42.5 Å². The monoisotopic (exact) mass is 248 g/mol. The molecule has 0 amide bonds. The van der Waals surface area contributed by atoms with Crippen LogP contribution in [0.1, 0.15) is 36.0 Å². The van der Waals surface area contributed by atoms with E-state index in [1.54, 1.807) is 18.2 Å². The molecule has 18 heavy (non-hydrogen) atoms. The molecule has 1 rings (SSSR count). The summed E-state index contributed by atoms with van der Waals surface area (Å²) in [5.41, 5.74) is 0.515. The molecule has 1 aromatic carbocycles. The van der Waals surface area contributed by atoms with Crippen LogP contribution < -0.4 is 4.74 Å². The van der Waals surface area contributed by atoms with Crippen molar-refractivity contribution in [1.29, 1.82) is 0 Å². The van der Waals surface area contributed by atoms with Crippen molar-refractivity contribution in [3.8, 4) is 5.75 Å². The Morgan fingerprint density at radius 1 is 1.33 bits per heavy atom. The van der Waals surface area contributed by atoms with E-state index in [2.05, 4.69) is 11.3 Å². The Balaban J connectivity index is 2.33. The van der Waals surface area contributed by atoms with Crippen molar-refractivity contribution >= 4 is 5.97 Å². The molecular weight excluding hydrogens is 228 g/mol. The average Bonchev–Trinajstić information content (AvgIpc) is 2.42. The molecule has 3 nitrogen and oxygen atoms in total. The molecule has 0 unspecified atom stereocenters. The summed E-state index contributed by atoms with van der Waals surface area (Å²) in [5, 5.41) is 0. The van der Waals surface area contributed by atoms with E-state index >= 15 is 0 Å². The second-order valence-electron chi connectivity index (χ2n) is 4.01. The lowest BCUT2D eigenvalue weighted by atomic mass is 10.2. The van der Waals surface area contributed by atoms with E-state index in [-0.39, 0.29) is 5.97 Å². The summed E-state index contributed by atoms with van der Waals surface area (Å²) in [6, 6.07) is 7.05. The second-order valence-corrected chi connectivity index (χ2v) is 4.01. The van der Waals surface area contributed by atoms with Gasteiger partial charge in [0.25, 0.3) is 0 Å². The van der Waals surface area contributed by atoms with Crippen LogP contribution in [0, 0.1) is 0 Å². The fraction of sp³-hybridized carbons (Fsp3) is 0.400. The minimum atomic E-state index is -0.341. The van der Waals surface area contributed by atoms with Crippen molar-refractivity contribution in [2.75, 3.05) is 13.7 Å². The zero-order valence-corrected chi connectivity index (χ0v) is 10.9. The van der Waals surface area contributed by atoms with Gasteiger partial charge in [0, 0.05) is 0 Å². The number of unbranched alkanes of at least 4 members (excludes halogenated alkanes) is 3. The lowest BCUT2D eigenvalue weighted by Gasteiger charge is -2.07. The fourth-order valence-corrected chi connectivity index (χ4v) is 1.59.